The van der Waals surface area contributed by atoms with Crippen molar-refractivity contribution in [3.05, 3.63) is 71.8 Å². The summed E-state index contributed by atoms with van der Waals surface area (Å²) < 4.78 is 0. The van der Waals surface area contributed by atoms with Crippen LogP contribution in [0.5, 0.6) is 5.75 Å². The van der Waals surface area contributed by atoms with Gasteiger partial charge in [-0.05, 0) is 40.6 Å². The van der Waals surface area contributed by atoms with Gasteiger partial charge in [-0.3, -0.25) is 4.79 Å². The number of fused-ring (bicyclic) bond motifs is 1. The third-order valence-electron chi connectivity index (χ3n) is 3.55. The van der Waals surface area contributed by atoms with E-state index in [1.807, 2.05) is 30.3 Å². The number of nitrogens with two attached hydrogens (primary N) is 1. The maximum atomic E-state index is 12.3. The third-order valence-corrected chi connectivity index (χ3v) is 3.55. The lowest BCUT2D eigenvalue weighted by Gasteiger charge is -2.09. The van der Waals surface area contributed by atoms with Crippen molar-refractivity contribution >= 4 is 22.4 Å². The molecule has 0 aliphatic heterocycles. The predicted octanol–water partition coefficient (Wildman–Crippen LogP) is 3.06. The molecule has 0 saturated heterocycles. The number of hydrogen-bond donors (Lipinski definition) is 3. The highest BCUT2D eigenvalue weighted by molar-refractivity contribution is 6.03. The van der Waals surface area contributed by atoms with Gasteiger partial charge in [0.05, 0.1) is 5.56 Å². The van der Waals surface area contributed by atoms with Crippen LogP contribution in [-0.2, 0) is 6.54 Å². The zero-order valence-corrected chi connectivity index (χ0v) is 11.9. The van der Waals surface area contributed by atoms with Crippen LogP contribution in [0.25, 0.3) is 10.8 Å². The minimum atomic E-state index is -0.212. The highest BCUT2D eigenvalue weighted by Crippen LogP contribution is 2.22. The molecular weight excluding hydrogens is 276 g/mol. The fourth-order valence-corrected chi connectivity index (χ4v) is 2.35. The van der Waals surface area contributed by atoms with Gasteiger partial charge in [0, 0.05) is 12.2 Å². The monoisotopic (exact) mass is 292 g/mol. The Balaban J connectivity index is 1.79. The van der Waals surface area contributed by atoms with Crippen LogP contribution in [-0.4, -0.2) is 11.0 Å². The maximum Gasteiger partial charge on any atom is 0.253 e. The van der Waals surface area contributed by atoms with E-state index in [4.69, 9.17) is 5.73 Å². The number of amides is 1. The van der Waals surface area contributed by atoms with Crippen LogP contribution < -0.4 is 11.1 Å². The number of anilines is 1. The van der Waals surface area contributed by atoms with Gasteiger partial charge in [0.2, 0.25) is 0 Å². The van der Waals surface area contributed by atoms with Gasteiger partial charge < -0.3 is 16.2 Å². The van der Waals surface area contributed by atoms with Crippen molar-refractivity contribution in [3.8, 4) is 5.75 Å². The molecule has 0 saturated carbocycles. The number of phenolic OH excluding ortho intramolecular Hbond substituents is 1. The van der Waals surface area contributed by atoms with Gasteiger partial charge in [-0.15, -0.1) is 0 Å². The third kappa shape index (κ3) is 2.86. The lowest BCUT2D eigenvalue weighted by Crippen LogP contribution is -2.23. The second-order valence-corrected chi connectivity index (χ2v) is 5.14. The molecule has 4 nitrogen and oxygen atoms in total. The number of rotatable bonds is 3. The summed E-state index contributed by atoms with van der Waals surface area (Å²) in [4.78, 5) is 12.3. The normalized spacial score (nSPS) is 10.5. The van der Waals surface area contributed by atoms with Gasteiger partial charge in [-0.2, -0.15) is 0 Å². The predicted molar refractivity (Wildman–Crippen MR) is 87.6 cm³/mol. The SMILES string of the molecule is Nc1cc2ccccc2cc1C(=O)NCc1ccc(O)cc1. The molecule has 0 aliphatic rings. The Morgan fingerprint density at radius 3 is 2.32 bits per heavy atom. The van der Waals surface area contributed by atoms with Crippen molar-refractivity contribution in [2.24, 2.45) is 0 Å². The molecule has 4 heteroatoms. The van der Waals surface area contributed by atoms with Crippen LogP contribution in [0.2, 0.25) is 0 Å². The Bertz CT molecular complexity index is 826. The Morgan fingerprint density at radius 1 is 1.00 bits per heavy atom. The molecule has 0 unspecified atom stereocenters. The van der Waals surface area contributed by atoms with Gasteiger partial charge in [0.25, 0.3) is 5.91 Å². The van der Waals surface area contributed by atoms with Crippen molar-refractivity contribution in [1.82, 2.24) is 5.32 Å². The van der Waals surface area contributed by atoms with Crippen molar-refractivity contribution < 1.29 is 9.90 Å². The van der Waals surface area contributed by atoms with E-state index >= 15 is 0 Å². The topological polar surface area (TPSA) is 75.4 Å². The van der Waals surface area contributed by atoms with E-state index in [2.05, 4.69) is 5.32 Å². The van der Waals surface area contributed by atoms with E-state index in [0.717, 1.165) is 16.3 Å². The van der Waals surface area contributed by atoms with Crippen LogP contribution in [0.1, 0.15) is 15.9 Å². The highest BCUT2D eigenvalue weighted by Gasteiger charge is 2.10. The fraction of sp³-hybridized carbons (Fsp3) is 0.0556. The molecule has 3 aromatic carbocycles. The van der Waals surface area contributed by atoms with E-state index in [1.165, 1.54) is 0 Å². The molecule has 0 heterocycles. The number of hydrogen-bond acceptors (Lipinski definition) is 3. The van der Waals surface area contributed by atoms with E-state index in [9.17, 15) is 9.90 Å². The lowest BCUT2D eigenvalue weighted by atomic mass is 10.0. The number of carbonyl (C=O) groups excluding carboxylic acids is 1. The average molecular weight is 292 g/mol. The molecule has 1 amide bonds. The number of carbonyl (C=O) groups is 1. The maximum absolute atomic E-state index is 12.3. The van der Waals surface area contributed by atoms with E-state index in [0.29, 0.717) is 17.8 Å². The zero-order chi connectivity index (χ0) is 15.5. The second kappa shape index (κ2) is 5.77. The summed E-state index contributed by atoms with van der Waals surface area (Å²) in [5.41, 5.74) is 7.82. The van der Waals surface area contributed by atoms with Gasteiger partial charge >= 0.3 is 0 Å². The number of nitrogens with one attached hydrogen (secondary N) is 1. The van der Waals surface area contributed by atoms with Crippen LogP contribution in [0.15, 0.2) is 60.7 Å². The summed E-state index contributed by atoms with van der Waals surface area (Å²) in [6.07, 6.45) is 0. The number of nitrogen functional groups attached to an aromatic ring is 1. The number of aromatic hydroxyl groups is 1. The van der Waals surface area contributed by atoms with Crippen molar-refractivity contribution in [1.29, 1.82) is 0 Å². The minimum absolute atomic E-state index is 0.203. The molecule has 3 rings (SSSR count). The summed E-state index contributed by atoms with van der Waals surface area (Å²) >= 11 is 0. The molecule has 0 fully saturated rings. The molecule has 22 heavy (non-hydrogen) atoms. The standard InChI is InChI=1S/C18H16N2O2/c19-17-10-14-4-2-1-3-13(14)9-16(17)18(22)20-11-12-5-7-15(21)8-6-12/h1-10,21H,11,19H2,(H,20,22). The summed E-state index contributed by atoms with van der Waals surface area (Å²) in [5.74, 6) is -0.00909. The molecule has 110 valence electrons. The Morgan fingerprint density at radius 2 is 1.64 bits per heavy atom. The van der Waals surface area contributed by atoms with Gasteiger partial charge in [-0.25, -0.2) is 0 Å². The Labute approximate surface area is 128 Å². The number of phenols is 1. The van der Waals surface area contributed by atoms with Gasteiger partial charge in [0.1, 0.15) is 5.75 Å². The first-order valence-electron chi connectivity index (χ1n) is 6.98. The van der Waals surface area contributed by atoms with E-state index in [-0.39, 0.29) is 11.7 Å². The van der Waals surface area contributed by atoms with Crippen molar-refractivity contribution in [2.75, 3.05) is 5.73 Å². The zero-order valence-electron chi connectivity index (χ0n) is 11.9. The van der Waals surface area contributed by atoms with Crippen molar-refractivity contribution in [2.45, 2.75) is 6.54 Å². The molecule has 4 N–H and O–H groups in total. The van der Waals surface area contributed by atoms with Crippen LogP contribution >= 0.6 is 0 Å². The Hall–Kier alpha value is -3.01. The minimum Gasteiger partial charge on any atom is -0.508 e. The highest BCUT2D eigenvalue weighted by atomic mass is 16.3. The molecule has 0 aromatic heterocycles. The lowest BCUT2D eigenvalue weighted by molar-refractivity contribution is 0.0952. The smallest absolute Gasteiger partial charge is 0.253 e. The van der Waals surface area contributed by atoms with Crippen LogP contribution in [0.3, 0.4) is 0 Å². The Kier molecular flexibility index (Phi) is 3.66. The van der Waals surface area contributed by atoms with E-state index < -0.39 is 0 Å². The second-order valence-electron chi connectivity index (χ2n) is 5.14. The first-order valence-corrected chi connectivity index (χ1v) is 6.98. The van der Waals surface area contributed by atoms with Crippen molar-refractivity contribution in [3.63, 3.8) is 0 Å². The molecule has 0 radical (unpaired) electrons. The summed E-state index contributed by atoms with van der Waals surface area (Å²) in [6.45, 7) is 0.380. The fourth-order valence-electron chi connectivity index (χ4n) is 2.35. The quantitative estimate of drug-likeness (QED) is 0.649. The van der Waals surface area contributed by atoms with E-state index in [1.54, 1.807) is 30.3 Å². The molecular formula is C18H16N2O2. The summed E-state index contributed by atoms with van der Waals surface area (Å²) in [6, 6.07) is 18.1. The summed E-state index contributed by atoms with van der Waals surface area (Å²) in [7, 11) is 0. The molecule has 3 aromatic rings. The number of benzene rings is 3. The largest absolute Gasteiger partial charge is 0.508 e. The first-order chi connectivity index (χ1) is 10.6. The van der Waals surface area contributed by atoms with Gasteiger partial charge in [-0.1, -0.05) is 36.4 Å². The van der Waals surface area contributed by atoms with Crippen LogP contribution in [0.4, 0.5) is 5.69 Å². The van der Waals surface area contributed by atoms with Crippen LogP contribution in [0, 0.1) is 0 Å². The molecule has 0 aliphatic carbocycles. The summed E-state index contributed by atoms with van der Waals surface area (Å²) in [5, 5.41) is 14.1. The molecule has 0 bridgehead atoms. The average Bonchev–Trinajstić information content (AvgIpc) is 2.53. The first kappa shape index (κ1) is 13.9. The molecule has 0 atom stereocenters. The van der Waals surface area contributed by atoms with Gasteiger partial charge in [0.15, 0.2) is 0 Å². The molecule has 0 spiro atoms.